The molecule has 0 saturated carbocycles. The maximum Gasteiger partial charge on any atom is 0.297 e. The number of benzene rings is 2. The first-order chi connectivity index (χ1) is 12.7. The molecule has 1 aliphatic rings. The summed E-state index contributed by atoms with van der Waals surface area (Å²) >= 11 is 0. The van der Waals surface area contributed by atoms with Crippen molar-refractivity contribution >= 4 is 10.1 Å². The number of nitrogens with zero attached hydrogens (tertiary/aromatic N) is 1. The highest BCUT2D eigenvalue weighted by atomic mass is 32.2. The Morgan fingerprint density at radius 3 is 2.30 bits per heavy atom. The third-order valence-electron chi connectivity index (χ3n) is 4.67. The van der Waals surface area contributed by atoms with Crippen LogP contribution in [0.3, 0.4) is 0 Å². The van der Waals surface area contributed by atoms with Crippen LogP contribution >= 0.6 is 0 Å². The van der Waals surface area contributed by atoms with Crippen molar-refractivity contribution in [1.29, 1.82) is 0 Å². The van der Waals surface area contributed by atoms with Gasteiger partial charge in [0.25, 0.3) is 10.1 Å². The van der Waals surface area contributed by atoms with Crippen molar-refractivity contribution in [3.63, 3.8) is 0 Å². The first-order valence-corrected chi connectivity index (χ1v) is 10.5. The highest BCUT2D eigenvalue weighted by Gasteiger charge is 2.40. The minimum absolute atomic E-state index is 0.00781. The van der Waals surface area contributed by atoms with E-state index in [0.717, 1.165) is 11.1 Å². The van der Waals surface area contributed by atoms with Crippen molar-refractivity contribution in [2.75, 3.05) is 13.2 Å². The van der Waals surface area contributed by atoms with Gasteiger partial charge in [0, 0.05) is 12.1 Å². The van der Waals surface area contributed by atoms with Crippen molar-refractivity contribution < 1.29 is 17.3 Å². The molecule has 27 heavy (non-hydrogen) atoms. The van der Waals surface area contributed by atoms with Gasteiger partial charge in [-0.15, -0.1) is 0 Å². The molecule has 0 amide bonds. The molecule has 1 saturated heterocycles. The molecule has 6 heteroatoms. The third kappa shape index (κ3) is 4.76. The maximum atomic E-state index is 12.4. The molecule has 2 aromatic carbocycles. The summed E-state index contributed by atoms with van der Waals surface area (Å²) in [6.45, 7) is 8.88. The van der Waals surface area contributed by atoms with E-state index in [1.165, 1.54) is 0 Å². The molecule has 146 valence electrons. The molecule has 0 aromatic heterocycles. The molecular formula is C21H27NO4S. The van der Waals surface area contributed by atoms with Crippen LogP contribution in [0.1, 0.15) is 38.1 Å². The van der Waals surface area contributed by atoms with Crippen molar-refractivity contribution in [1.82, 2.24) is 4.90 Å². The van der Waals surface area contributed by atoms with Crippen LogP contribution in [-0.2, 0) is 19.0 Å². The molecule has 2 aromatic rings. The Morgan fingerprint density at radius 1 is 1.07 bits per heavy atom. The van der Waals surface area contributed by atoms with E-state index in [0.29, 0.717) is 6.54 Å². The second-order valence-electron chi connectivity index (χ2n) is 7.90. The summed E-state index contributed by atoms with van der Waals surface area (Å²) in [5, 5.41) is 0. The molecule has 5 nitrogen and oxygen atoms in total. The lowest BCUT2D eigenvalue weighted by atomic mass is 10.0. The lowest BCUT2D eigenvalue weighted by Gasteiger charge is -2.35. The second-order valence-corrected chi connectivity index (χ2v) is 9.51. The van der Waals surface area contributed by atoms with E-state index in [-0.39, 0.29) is 29.4 Å². The first kappa shape index (κ1) is 20.0. The van der Waals surface area contributed by atoms with Crippen LogP contribution in [0.2, 0.25) is 0 Å². The highest BCUT2D eigenvalue weighted by molar-refractivity contribution is 7.86. The Hall–Kier alpha value is -1.73. The van der Waals surface area contributed by atoms with E-state index in [2.05, 4.69) is 25.7 Å². The van der Waals surface area contributed by atoms with Gasteiger partial charge in [0.2, 0.25) is 0 Å². The molecule has 1 aliphatic heterocycles. The van der Waals surface area contributed by atoms with E-state index in [1.807, 2.05) is 37.3 Å². The standard InChI is InChI=1S/C21H27NO4S/c1-16-10-12-19(13-11-16)27(23,24)25-15-18-14-22(21(2,3)4)20(26-18)17-8-6-5-7-9-17/h5-13,18,20H,14-15H2,1-4H3. The molecule has 0 N–H and O–H groups in total. The van der Waals surface area contributed by atoms with Crippen LogP contribution in [0, 0.1) is 6.92 Å². The smallest absolute Gasteiger partial charge is 0.297 e. The minimum atomic E-state index is -3.80. The molecule has 3 rings (SSSR count). The van der Waals surface area contributed by atoms with Crippen molar-refractivity contribution in [3.8, 4) is 0 Å². The molecule has 0 bridgehead atoms. The second kappa shape index (κ2) is 7.72. The average molecular weight is 390 g/mol. The van der Waals surface area contributed by atoms with E-state index in [4.69, 9.17) is 8.92 Å². The number of aryl methyl sites for hydroxylation is 1. The largest absolute Gasteiger partial charge is 0.352 e. The lowest BCUT2D eigenvalue weighted by molar-refractivity contribution is -0.0394. The average Bonchev–Trinajstić information content (AvgIpc) is 3.06. The summed E-state index contributed by atoms with van der Waals surface area (Å²) in [7, 11) is -3.80. The molecule has 0 aliphatic carbocycles. The number of hydrogen-bond acceptors (Lipinski definition) is 5. The molecule has 0 spiro atoms. The minimum Gasteiger partial charge on any atom is -0.352 e. The zero-order valence-corrected chi connectivity index (χ0v) is 17.1. The predicted octanol–water partition coefficient (Wildman–Crippen LogP) is 3.90. The van der Waals surface area contributed by atoms with Crippen LogP contribution in [0.15, 0.2) is 59.5 Å². The van der Waals surface area contributed by atoms with Gasteiger partial charge in [0.15, 0.2) is 0 Å². The quantitative estimate of drug-likeness (QED) is 0.726. The van der Waals surface area contributed by atoms with Crippen LogP contribution in [0.5, 0.6) is 0 Å². The van der Waals surface area contributed by atoms with E-state index in [9.17, 15) is 8.42 Å². The fourth-order valence-electron chi connectivity index (χ4n) is 3.15. The molecule has 0 radical (unpaired) electrons. The third-order valence-corrected chi connectivity index (χ3v) is 5.97. The maximum absolute atomic E-state index is 12.4. The Kier molecular flexibility index (Phi) is 5.72. The monoisotopic (exact) mass is 389 g/mol. The zero-order valence-electron chi connectivity index (χ0n) is 16.3. The van der Waals surface area contributed by atoms with Crippen molar-refractivity contribution in [3.05, 3.63) is 65.7 Å². The van der Waals surface area contributed by atoms with Crippen molar-refractivity contribution in [2.45, 2.75) is 50.5 Å². The summed E-state index contributed by atoms with van der Waals surface area (Å²) < 4.78 is 36.4. The van der Waals surface area contributed by atoms with Crippen LogP contribution in [-0.4, -0.2) is 38.1 Å². The predicted molar refractivity (Wildman–Crippen MR) is 105 cm³/mol. The van der Waals surface area contributed by atoms with Gasteiger partial charge >= 0.3 is 0 Å². The molecular weight excluding hydrogens is 362 g/mol. The molecule has 1 fully saturated rings. The van der Waals surface area contributed by atoms with E-state index in [1.54, 1.807) is 24.3 Å². The lowest BCUT2D eigenvalue weighted by Crippen LogP contribution is -2.41. The molecule has 1 heterocycles. The van der Waals surface area contributed by atoms with E-state index < -0.39 is 10.1 Å². The van der Waals surface area contributed by atoms with Gasteiger partial charge in [-0.2, -0.15) is 8.42 Å². The fourth-order valence-corrected chi connectivity index (χ4v) is 4.08. The fraction of sp³-hybridized carbons (Fsp3) is 0.429. The SMILES string of the molecule is Cc1ccc(S(=O)(=O)OCC2CN(C(C)(C)C)C(c3ccccc3)O2)cc1. The topological polar surface area (TPSA) is 55.8 Å². The first-order valence-electron chi connectivity index (χ1n) is 9.10. The normalized spacial score (nSPS) is 21.5. The number of hydrogen-bond donors (Lipinski definition) is 0. The Balaban J connectivity index is 1.72. The summed E-state index contributed by atoms with van der Waals surface area (Å²) in [5.74, 6) is 0. The van der Waals surface area contributed by atoms with Crippen LogP contribution in [0.25, 0.3) is 0 Å². The van der Waals surface area contributed by atoms with Gasteiger partial charge in [-0.3, -0.25) is 9.08 Å². The van der Waals surface area contributed by atoms with Crippen molar-refractivity contribution in [2.24, 2.45) is 0 Å². The summed E-state index contributed by atoms with van der Waals surface area (Å²) in [6, 6.07) is 16.6. The summed E-state index contributed by atoms with van der Waals surface area (Å²) in [6.07, 6.45) is -0.545. The van der Waals surface area contributed by atoms with Gasteiger partial charge in [0.1, 0.15) is 6.23 Å². The summed E-state index contributed by atoms with van der Waals surface area (Å²) in [5.41, 5.74) is 1.93. The molecule has 2 atom stereocenters. The zero-order chi connectivity index (χ0) is 19.7. The van der Waals surface area contributed by atoms with Crippen LogP contribution < -0.4 is 0 Å². The Morgan fingerprint density at radius 2 is 1.70 bits per heavy atom. The number of ether oxygens (including phenoxy) is 1. The number of rotatable bonds is 5. The Bertz CT molecular complexity index is 857. The van der Waals surface area contributed by atoms with E-state index >= 15 is 0 Å². The van der Waals surface area contributed by atoms with Gasteiger partial charge in [-0.05, 0) is 45.4 Å². The molecule has 2 unspecified atom stereocenters. The van der Waals surface area contributed by atoms with Crippen LogP contribution in [0.4, 0.5) is 0 Å². The summed E-state index contributed by atoms with van der Waals surface area (Å²) in [4.78, 5) is 2.40. The highest BCUT2D eigenvalue weighted by Crippen LogP contribution is 2.36. The van der Waals surface area contributed by atoms with Gasteiger partial charge in [-0.25, -0.2) is 0 Å². The van der Waals surface area contributed by atoms with Gasteiger partial charge in [0.05, 0.1) is 17.6 Å². The van der Waals surface area contributed by atoms with Gasteiger partial charge < -0.3 is 4.74 Å². The van der Waals surface area contributed by atoms with Gasteiger partial charge in [-0.1, -0.05) is 48.0 Å². The Labute approximate surface area is 162 Å².